The van der Waals surface area contributed by atoms with Gasteiger partial charge in [0.25, 0.3) is 0 Å². The number of rotatable bonds is 8. The molecular formula is C21H26N2O2. The molecule has 3 N–H and O–H groups in total. The molecule has 0 atom stereocenters. The van der Waals surface area contributed by atoms with Crippen LogP contribution < -0.4 is 15.2 Å². The monoisotopic (exact) mass is 338 g/mol. The predicted molar refractivity (Wildman–Crippen MR) is 103 cm³/mol. The van der Waals surface area contributed by atoms with E-state index >= 15 is 0 Å². The van der Waals surface area contributed by atoms with E-state index in [2.05, 4.69) is 23.2 Å². The number of nitrogens with one attached hydrogen (secondary N) is 1. The van der Waals surface area contributed by atoms with E-state index in [1.807, 2.05) is 31.2 Å². The van der Waals surface area contributed by atoms with Gasteiger partial charge in [-0.25, -0.2) is 0 Å². The minimum absolute atomic E-state index is 0.646. The van der Waals surface area contributed by atoms with Gasteiger partial charge in [0.1, 0.15) is 11.5 Å². The summed E-state index contributed by atoms with van der Waals surface area (Å²) >= 11 is 0. The Morgan fingerprint density at radius 1 is 1.08 bits per heavy atom. The smallest absolute Gasteiger partial charge is 0.128 e. The number of aromatic nitrogens is 1. The van der Waals surface area contributed by atoms with Crippen LogP contribution in [0.5, 0.6) is 11.5 Å². The zero-order chi connectivity index (χ0) is 17.6. The van der Waals surface area contributed by atoms with Gasteiger partial charge in [0.15, 0.2) is 0 Å². The molecule has 0 bridgehead atoms. The Morgan fingerprint density at radius 2 is 1.92 bits per heavy atom. The number of methoxy groups -OCH3 is 1. The molecule has 0 fully saturated rings. The Hall–Kier alpha value is -2.46. The van der Waals surface area contributed by atoms with E-state index in [4.69, 9.17) is 15.2 Å². The number of aryl methyl sites for hydroxylation is 1. The second-order valence-electron chi connectivity index (χ2n) is 6.07. The fraction of sp³-hybridized carbons (Fsp3) is 0.333. The molecule has 132 valence electrons. The molecule has 25 heavy (non-hydrogen) atoms. The van der Waals surface area contributed by atoms with Gasteiger partial charge >= 0.3 is 0 Å². The number of aromatic amines is 1. The van der Waals surface area contributed by atoms with Crippen LogP contribution in [0.4, 0.5) is 0 Å². The lowest BCUT2D eigenvalue weighted by molar-refractivity contribution is 0.341. The predicted octanol–water partition coefficient (Wildman–Crippen LogP) is 4.52. The molecule has 0 aliphatic carbocycles. The number of ether oxygens (including phenoxy) is 2. The molecule has 0 unspecified atom stereocenters. The first-order chi connectivity index (χ1) is 12.3. The van der Waals surface area contributed by atoms with E-state index in [9.17, 15) is 0 Å². The number of para-hydroxylation sites is 1. The van der Waals surface area contributed by atoms with Gasteiger partial charge in [-0.05, 0) is 68.6 Å². The van der Waals surface area contributed by atoms with Gasteiger partial charge in [0, 0.05) is 16.5 Å². The Kier molecular flexibility index (Phi) is 5.61. The van der Waals surface area contributed by atoms with Crippen molar-refractivity contribution in [2.24, 2.45) is 5.73 Å². The van der Waals surface area contributed by atoms with Crippen molar-refractivity contribution in [3.05, 3.63) is 48.0 Å². The third-order valence-corrected chi connectivity index (χ3v) is 4.45. The minimum atomic E-state index is 0.646. The molecule has 4 heteroatoms. The lowest BCUT2D eigenvalue weighted by Crippen LogP contribution is -2.00. The molecule has 2 aromatic carbocycles. The maximum absolute atomic E-state index is 5.85. The zero-order valence-electron chi connectivity index (χ0n) is 15.0. The number of unbranched alkanes of at least 4 members (excludes halogenated alkanes) is 1. The molecule has 0 aliphatic heterocycles. The average molecular weight is 338 g/mol. The van der Waals surface area contributed by atoms with Gasteiger partial charge in [-0.3, -0.25) is 0 Å². The zero-order valence-corrected chi connectivity index (χ0v) is 15.0. The summed E-state index contributed by atoms with van der Waals surface area (Å²) in [5.74, 6) is 1.78. The molecule has 0 amide bonds. The summed E-state index contributed by atoms with van der Waals surface area (Å²) in [5.41, 5.74) is 10.3. The first-order valence-corrected chi connectivity index (χ1v) is 8.89. The first-order valence-electron chi connectivity index (χ1n) is 8.89. The fourth-order valence-corrected chi connectivity index (χ4v) is 3.24. The van der Waals surface area contributed by atoms with Crippen LogP contribution in [0.15, 0.2) is 42.5 Å². The lowest BCUT2D eigenvalue weighted by atomic mass is 9.99. The van der Waals surface area contributed by atoms with Crippen LogP contribution in [0, 0.1) is 0 Å². The SMILES string of the molecule is CCOc1ccccc1-c1[nH]c2ccc(OC)cc2c1CCCCN. The highest BCUT2D eigenvalue weighted by Gasteiger charge is 2.16. The lowest BCUT2D eigenvalue weighted by Gasteiger charge is -2.11. The van der Waals surface area contributed by atoms with E-state index in [-0.39, 0.29) is 0 Å². The highest BCUT2D eigenvalue weighted by atomic mass is 16.5. The van der Waals surface area contributed by atoms with E-state index in [1.165, 1.54) is 10.9 Å². The molecular weight excluding hydrogens is 312 g/mol. The largest absolute Gasteiger partial charge is 0.497 e. The van der Waals surface area contributed by atoms with E-state index < -0.39 is 0 Å². The van der Waals surface area contributed by atoms with Gasteiger partial charge < -0.3 is 20.2 Å². The van der Waals surface area contributed by atoms with Crippen molar-refractivity contribution in [1.29, 1.82) is 0 Å². The highest BCUT2D eigenvalue weighted by Crippen LogP contribution is 2.37. The van der Waals surface area contributed by atoms with Gasteiger partial charge in [-0.2, -0.15) is 0 Å². The number of hydrogen-bond donors (Lipinski definition) is 2. The maximum Gasteiger partial charge on any atom is 0.128 e. The van der Waals surface area contributed by atoms with E-state index in [0.29, 0.717) is 6.61 Å². The number of benzene rings is 2. The topological polar surface area (TPSA) is 60.3 Å². The quantitative estimate of drug-likeness (QED) is 0.594. The second kappa shape index (κ2) is 8.08. The van der Waals surface area contributed by atoms with Crippen molar-refractivity contribution >= 4 is 10.9 Å². The van der Waals surface area contributed by atoms with Crippen molar-refractivity contribution in [1.82, 2.24) is 4.98 Å². The van der Waals surface area contributed by atoms with Crippen LogP contribution in [0.3, 0.4) is 0 Å². The summed E-state index contributed by atoms with van der Waals surface area (Å²) in [4.78, 5) is 3.59. The summed E-state index contributed by atoms with van der Waals surface area (Å²) in [6, 6.07) is 14.4. The molecule has 4 nitrogen and oxygen atoms in total. The maximum atomic E-state index is 5.85. The number of nitrogens with two attached hydrogens (primary N) is 1. The van der Waals surface area contributed by atoms with Crippen LogP contribution in [-0.4, -0.2) is 25.2 Å². The van der Waals surface area contributed by atoms with Crippen LogP contribution in [0.2, 0.25) is 0 Å². The summed E-state index contributed by atoms with van der Waals surface area (Å²) in [7, 11) is 1.70. The van der Waals surface area contributed by atoms with Crippen molar-refractivity contribution in [2.45, 2.75) is 26.2 Å². The van der Waals surface area contributed by atoms with E-state index in [1.54, 1.807) is 7.11 Å². The summed E-state index contributed by atoms with van der Waals surface area (Å²) in [6.07, 6.45) is 3.05. The van der Waals surface area contributed by atoms with Crippen LogP contribution in [0.1, 0.15) is 25.3 Å². The first kappa shape index (κ1) is 17.4. The average Bonchev–Trinajstić information content (AvgIpc) is 3.00. The molecule has 3 aromatic rings. The van der Waals surface area contributed by atoms with Crippen molar-refractivity contribution in [3.63, 3.8) is 0 Å². The van der Waals surface area contributed by atoms with Gasteiger partial charge in [-0.15, -0.1) is 0 Å². The Balaban J connectivity index is 2.14. The van der Waals surface area contributed by atoms with Crippen LogP contribution in [0.25, 0.3) is 22.2 Å². The normalized spacial score (nSPS) is 11.0. The molecule has 0 saturated heterocycles. The number of fused-ring (bicyclic) bond motifs is 1. The molecule has 0 aliphatic rings. The molecule has 0 radical (unpaired) electrons. The molecule has 1 aromatic heterocycles. The van der Waals surface area contributed by atoms with Crippen molar-refractivity contribution < 1.29 is 9.47 Å². The highest BCUT2D eigenvalue weighted by molar-refractivity contribution is 5.92. The Morgan fingerprint density at radius 3 is 2.68 bits per heavy atom. The third-order valence-electron chi connectivity index (χ3n) is 4.45. The standard InChI is InChI=1S/C21H26N2O2/c1-3-25-20-10-5-4-9-17(20)21-16(8-6-7-13-22)18-14-15(24-2)11-12-19(18)23-21/h4-5,9-12,14,23H,3,6-8,13,22H2,1-2H3. The van der Waals surface area contributed by atoms with Crippen LogP contribution >= 0.6 is 0 Å². The van der Waals surface area contributed by atoms with Gasteiger partial charge in [0.05, 0.1) is 19.4 Å². The molecule has 3 rings (SSSR count). The minimum Gasteiger partial charge on any atom is -0.497 e. The van der Waals surface area contributed by atoms with E-state index in [0.717, 1.165) is 54.1 Å². The Labute approximate surface area is 149 Å². The summed E-state index contributed by atoms with van der Waals surface area (Å²) < 4.78 is 11.3. The van der Waals surface area contributed by atoms with Crippen molar-refractivity contribution in [3.8, 4) is 22.8 Å². The van der Waals surface area contributed by atoms with Crippen molar-refractivity contribution in [2.75, 3.05) is 20.3 Å². The second-order valence-corrected chi connectivity index (χ2v) is 6.07. The van der Waals surface area contributed by atoms with Gasteiger partial charge in [-0.1, -0.05) is 12.1 Å². The summed E-state index contributed by atoms with van der Waals surface area (Å²) in [6.45, 7) is 3.37. The molecule has 0 saturated carbocycles. The van der Waals surface area contributed by atoms with Gasteiger partial charge in [0.2, 0.25) is 0 Å². The number of H-pyrrole nitrogens is 1. The fourth-order valence-electron chi connectivity index (χ4n) is 3.24. The summed E-state index contributed by atoms with van der Waals surface area (Å²) in [5, 5.41) is 1.21. The molecule has 1 heterocycles. The van der Waals surface area contributed by atoms with Crippen LogP contribution in [-0.2, 0) is 6.42 Å². The molecule has 0 spiro atoms. The number of hydrogen-bond acceptors (Lipinski definition) is 3. The third kappa shape index (κ3) is 3.64. The Bertz CT molecular complexity index is 839.